The second kappa shape index (κ2) is 6.59. The predicted molar refractivity (Wildman–Crippen MR) is 78.7 cm³/mol. The zero-order valence-electron chi connectivity index (χ0n) is 11.5. The summed E-state index contributed by atoms with van der Waals surface area (Å²) in [5, 5.41) is 5.44. The van der Waals surface area contributed by atoms with Crippen molar-refractivity contribution in [1.82, 2.24) is 0 Å². The molecule has 1 aromatic carbocycles. The Balaban J connectivity index is 1.88. The third kappa shape index (κ3) is 3.62. The fraction of sp³-hybridized carbons (Fsp3) is 0.267. The highest BCUT2D eigenvalue weighted by atomic mass is 35.5. The predicted octanol–water partition coefficient (Wildman–Crippen LogP) is 2.50. The molecule has 0 radical (unpaired) electrons. The van der Waals surface area contributed by atoms with E-state index in [0.717, 1.165) is 17.0 Å². The van der Waals surface area contributed by atoms with Crippen LogP contribution in [0.15, 0.2) is 41.0 Å². The number of hydrogen-bond acceptors (Lipinski definition) is 2. The minimum Gasteiger partial charge on any atom is -0.463 e. The second-order valence-electron chi connectivity index (χ2n) is 4.70. The molecule has 0 spiro atoms. The third-order valence-corrected chi connectivity index (χ3v) is 3.60. The smallest absolute Gasteiger partial charge is 0.279 e. The maximum absolute atomic E-state index is 11.9. The first-order valence-corrected chi connectivity index (χ1v) is 6.87. The lowest BCUT2D eigenvalue weighted by Crippen LogP contribution is -2.86. The van der Waals surface area contributed by atoms with Gasteiger partial charge in [-0.15, -0.1) is 0 Å². The van der Waals surface area contributed by atoms with Crippen molar-refractivity contribution in [3.63, 3.8) is 0 Å². The molecule has 5 heteroatoms. The summed E-state index contributed by atoms with van der Waals surface area (Å²) in [6.45, 7) is 4.21. The molecule has 20 heavy (non-hydrogen) atoms. The van der Waals surface area contributed by atoms with E-state index < -0.39 is 0 Å². The van der Waals surface area contributed by atoms with Gasteiger partial charge in [0.15, 0.2) is 12.3 Å². The van der Waals surface area contributed by atoms with Crippen LogP contribution in [0, 0.1) is 6.92 Å². The number of furan rings is 1. The minimum absolute atomic E-state index is 0.0613. The van der Waals surface area contributed by atoms with Crippen molar-refractivity contribution in [1.29, 1.82) is 0 Å². The molecule has 0 aliphatic carbocycles. The lowest BCUT2D eigenvalue weighted by atomic mass is 10.2. The molecule has 2 rings (SSSR count). The highest BCUT2D eigenvalue weighted by Crippen LogP contribution is 2.22. The third-order valence-electron chi connectivity index (χ3n) is 3.19. The summed E-state index contributed by atoms with van der Waals surface area (Å²) in [7, 11) is 0. The summed E-state index contributed by atoms with van der Waals surface area (Å²) in [5.41, 5.74) is 1.63. The normalized spacial score (nSPS) is 12.2. The molecule has 1 heterocycles. The molecule has 1 atom stereocenters. The molecule has 106 valence electrons. The molecular weight excluding hydrogens is 276 g/mol. The van der Waals surface area contributed by atoms with Gasteiger partial charge in [-0.25, -0.2) is 0 Å². The van der Waals surface area contributed by atoms with E-state index in [9.17, 15) is 4.79 Å². The number of carbonyl (C=O) groups is 1. The average molecular weight is 294 g/mol. The van der Waals surface area contributed by atoms with Crippen LogP contribution in [-0.4, -0.2) is 12.5 Å². The van der Waals surface area contributed by atoms with Crippen LogP contribution in [0.5, 0.6) is 0 Å². The lowest BCUT2D eigenvalue weighted by molar-refractivity contribution is -0.684. The number of halogens is 1. The Kier molecular flexibility index (Phi) is 4.82. The number of benzene rings is 1. The standard InChI is InChI=1S/C15H17ClN2O2/c1-10-12(16)5-3-6-13(10)18-15(19)9-17-11(2)14-7-4-8-20-14/h3-8,11,17H,9H2,1-2H3,(H,18,19)/p+1/t11-/m1/s1. The van der Waals surface area contributed by atoms with Gasteiger partial charge >= 0.3 is 0 Å². The number of hydrogen-bond donors (Lipinski definition) is 2. The van der Waals surface area contributed by atoms with Crippen molar-refractivity contribution in [3.05, 3.63) is 52.9 Å². The SMILES string of the molecule is Cc1c(Cl)cccc1NC(=O)C[NH2+][C@H](C)c1ccco1. The van der Waals surface area contributed by atoms with Crippen molar-refractivity contribution in [2.75, 3.05) is 11.9 Å². The maximum atomic E-state index is 11.9. The summed E-state index contributed by atoms with van der Waals surface area (Å²) in [4.78, 5) is 11.9. The van der Waals surface area contributed by atoms with Crippen LogP contribution in [-0.2, 0) is 4.79 Å². The van der Waals surface area contributed by atoms with E-state index in [4.69, 9.17) is 16.0 Å². The van der Waals surface area contributed by atoms with Crippen molar-refractivity contribution in [2.24, 2.45) is 0 Å². The van der Waals surface area contributed by atoms with Gasteiger partial charge in [-0.05, 0) is 43.7 Å². The van der Waals surface area contributed by atoms with Gasteiger partial charge in [0.05, 0.1) is 6.26 Å². The number of nitrogens with one attached hydrogen (secondary N) is 1. The van der Waals surface area contributed by atoms with E-state index >= 15 is 0 Å². The molecule has 0 saturated carbocycles. The van der Waals surface area contributed by atoms with Crippen LogP contribution in [0.3, 0.4) is 0 Å². The molecule has 0 saturated heterocycles. The Labute approximate surface area is 123 Å². The van der Waals surface area contributed by atoms with Gasteiger partial charge in [-0.2, -0.15) is 0 Å². The van der Waals surface area contributed by atoms with Crippen LogP contribution >= 0.6 is 11.6 Å². The van der Waals surface area contributed by atoms with Gasteiger partial charge in [0.1, 0.15) is 6.04 Å². The molecule has 0 bridgehead atoms. The number of carbonyl (C=O) groups excluding carboxylic acids is 1. The first-order valence-electron chi connectivity index (χ1n) is 6.49. The monoisotopic (exact) mass is 293 g/mol. The zero-order valence-corrected chi connectivity index (χ0v) is 12.3. The summed E-state index contributed by atoms with van der Waals surface area (Å²) in [5.74, 6) is 0.797. The van der Waals surface area contributed by atoms with Crippen LogP contribution in [0.2, 0.25) is 5.02 Å². The number of nitrogens with two attached hydrogens (primary N) is 1. The van der Waals surface area contributed by atoms with E-state index in [2.05, 4.69) is 5.32 Å². The minimum atomic E-state index is -0.0613. The maximum Gasteiger partial charge on any atom is 0.279 e. The van der Waals surface area contributed by atoms with Gasteiger partial charge < -0.3 is 15.1 Å². The molecule has 0 aliphatic heterocycles. The molecule has 0 fully saturated rings. The van der Waals surface area contributed by atoms with Crippen LogP contribution in [0.25, 0.3) is 0 Å². The van der Waals surface area contributed by atoms with Gasteiger partial charge in [0, 0.05) is 10.7 Å². The number of anilines is 1. The summed E-state index contributed by atoms with van der Waals surface area (Å²) >= 11 is 6.02. The Bertz CT molecular complexity index is 582. The topological polar surface area (TPSA) is 58.9 Å². The Morgan fingerprint density at radius 3 is 2.90 bits per heavy atom. The molecular formula is C15H18ClN2O2+. The zero-order chi connectivity index (χ0) is 14.5. The van der Waals surface area contributed by atoms with Crippen molar-refractivity contribution in [3.8, 4) is 0 Å². The first kappa shape index (κ1) is 14.6. The average Bonchev–Trinajstić information content (AvgIpc) is 2.95. The summed E-state index contributed by atoms with van der Waals surface area (Å²) in [6, 6.07) is 9.32. The fourth-order valence-electron chi connectivity index (χ4n) is 1.89. The highest BCUT2D eigenvalue weighted by Gasteiger charge is 2.14. The quantitative estimate of drug-likeness (QED) is 0.890. The Morgan fingerprint density at radius 1 is 1.40 bits per heavy atom. The van der Waals surface area contributed by atoms with Crippen molar-refractivity contribution < 1.29 is 14.5 Å². The summed E-state index contributed by atoms with van der Waals surface area (Å²) < 4.78 is 5.30. The Hall–Kier alpha value is -1.78. The number of rotatable bonds is 5. The Morgan fingerprint density at radius 2 is 2.20 bits per heavy atom. The van der Waals surface area contributed by atoms with Gasteiger partial charge in [-0.1, -0.05) is 17.7 Å². The molecule has 2 aromatic rings. The van der Waals surface area contributed by atoms with Crippen LogP contribution in [0.4, 0.5) is 5.69 Å². The van der Waals surface area contributed by atoms with Crippen molar-refractivity contribution in [2.45, 2.75) is 19.9 Å². The molecule has 1 amide bonds. The van der Waals surface area contributed by atoms with E-state index in [1.54, 1.807) is 12.3 Å². The van der Waals surface area contributed by atoms with Gasteiger partial charge in [0.25, 0.3) is 5.91 Å². The van der Waals surface area contributed by atoms with E-state index in [0.29, 0.717) is 11.6 Å². The molecule has 3 N–H and O–H groups in total. The fourth-order valence-corrected chi connectivity index (χ4v) is 2.07. The largest absolute Gasteiger partial charge is 0.463 e. The molecule has 0 aliphatic rings. The highest BCUT2D eigenvalue weighted by molar-refractivity contribution is 6.31. The molecule has 4 nitrogen and oxygen atoms in total. The number of amides is 1. The van der Waals surface area contributed by atoms with Crippen LogP contribution in [0.1, 0.15) is 24.3 Å². The van der Waals surface area contributed by atoms with E-state index in [1.165, 1.54) is 0 Å². The lowest BCUT2D eigenvalue weighted by Gasteiger charge is -2.10. The number of quaternary nitrogens is 1. The van der Waals surface area contributed by atoms with Gasteiger partial charge in [0.2, 0.25) is 0 Å². The van der Waals surface area contributed by atoms with Crippen molar-refractivity contribution >= 4 is 23.2 Å². The molecule has 0 unspecified atom stereocenters. The van der Waals surface area contributed by atoms with Crippen LogP contribution < -0.4 is 10.6 Å². The second-order valence-corrected chi connectivity index (χ2v) is 5.11. The van der Waals surface area contributed by atoms with E-state index in [-0.39, 0.29) is 11.9 Å². The van der Waals surface area contributed by atoms with Gasteiger partial charge in [-0.3, -0.25) is 4.79 Å². The van der Waals surface area contributed by atoms with E-state index in [1.807, 2.05) is 43.4 Å². The molecule has 1 aromatic heterocycles. The first-order chi connectivity index (χ1) is 9.58. The summed E-state index contributed by atoms with van der Waals surface area (Å²) in [6.07, 6.45) is 1.63.